The molecule has 0 aromatic heterocycles. The molecule has 0 saturated carbocycles. The van der Waals surface area contributed by atoms with Crippen molar-refractivity contribution in [2.45, 2.75) is 45.8 Å². The molecule has 0 rings (SSSR count). The Kier molecular flexibility index (Phi) is 3.36. The number of hydrogen-bond acceptors (Lipinski definition) is 3. The minimum atomic E-state index is -0.907. The van der Waals surface area contributed by atoms with Gasteiger partial charge >= 0.3 is 0 Å². The summed E-state index contributed by atoms with van der Waals surface area (Å²) < 4.78 is 0.117. The number of quaternary nitrogens is 1. The van der Waals surface area contributed by atoms with Crippen LogP contribution in [0.3, 0.4) is 0 Å². The minimum Gasteiger partial charge on any atom is -0.858 e. The van der Waals surface area contributed by atoms with Crippen LogP contribution in [-0.4, -0.2) is 40.8 Å². The van der Waals surface area contributed by atoms with Gasteiger partial charge in [-0.05, 0) is 34.6 Å². The van der Waals surface area contributed by atoms with Gasteiger partial charge in [0, 0.05) is 5.90 Å². The molecule has 14 heavy (non-hydrogen) atoms. The molecule has 0 aromatic carbocycles. The van der Waals surface area contributed by atoms with Gasteiger partial charge in [-0.2, -0.15) is 4.59 Å². The van der Waals surface area contributed by atoms with Gasteiger partial charge in [0.25, 0.3) is 0 Å². The van der Waals surface area contributed by atoms with Crippen LogP contribution in [0.5, 0.6) is 0 Å². The van der Waals surface area contributed by atoms with E-state index in [-0.39, 0.29) is 10.5 Å². The van der Waals surface area contributed by atoms with E-state index in [4.69, 9.17) is 0 Å². The van der Waals surface area contributed by atoms with Crippen molar-refractivity contribution in [2.24, 2.45) is 5.10 Å². The summed E-state index contributed by atoms with van der Waals surface area (Å²) in [7, 11) is 3.61. The zero-order valence-corrected chi connectivity index (χ0v) is 10.2. The number of likely N-dealkylation sites (N-methyl/N-ethyl adjacent to an activating group) is 1. The highest BCUT2D eigenvalue weighted by Crippen LogP contribution is 2.32. The van der Waals surface area contributed by atoms with Gasteiger partial charge in [-0.1, -0.05) is 0 Å². The zero-order chi connectivity index (χ0) is 11.8. The Hall–Kier alpha value is -0.610. The summed E-state index contributed by atoms with van der Waals surface area (Å²) >= 11 is 0. The molecule has 0 aromatic rings. The molecule has 0 atom stereocenters. The van der Waals surface area contributed by atoms with Gasteiger partial charge in [-0.15, -0.1) is 5.10 Å². The SMILES string of the molecule is CC([O-])=N[N+](C)(C)C(C)(C)C(C)(C)O. The molecule has 0 unspecified atom stereocenters. The molecule has 0 aliphatic rings. The number of rotatable bonds is 3. The maximum absolute atomic E-state index is 11.0. The summed E-state index contributed by atoms with van der Waals surface area (Å²) in [5.74, 6) is -0.229. The summed E-state index contributed by atoms with van der Waals surface area (Å²) in [5.41, 5.74) is -1.44. The van der Waals surface area contributed by atoms with Crippen molar-refractivity contribution in [3.8, 4) is 0 Å². The highest BCUT2D eigenvalue weighted by Gasteiger charge is 2.49. The van der Waals surface area contributed by atoms with Gasteiger partial charge < -0.3 is 10.2 Å². The average Bonchev–Trinajstić information content (AvgIpc) is 1.80. The fourth-order valence-corrected chi connectivity index (χ4v) is 1.15. The van der Waals surface area contributed by atoms with Crippen molar-refractivity contribution in [3.63, 3.8) is 0 Å². The minimum absolute atomic E-state index is 0.117. The fraction of sp³-hybridized carbons (Fsp3) is 0.900. The van der Waals surface area contributed by atoms with Gasteiger partial charge in [-0.25, -0.2) is 0 Å². The maximum atomic E-state index is 11.0. The van der Waals surface area contributed by atoms with E-state index >= 15 is 0 Å². The second-order valence-corrected chi connectivity index (χ2v) is 5.13. The van der Waals surface area contributed by atoms with Crippen molar-refractivity contribution in [1.82, 2.24) is 0 Å². The van der Waals surface area contributed by atoms with E-state index in [1.165, 1.54) is 6.92 Å². The van der Waals surface area contributed by atoms with Crippen LogP contribution in [0.1, 0.15) is 34.6 Å². The predicted octanol–water partition coefficient (Wildman–Crippen LogP) is 0.306. The molecule has 0 radical (unpaired) electrons. The zero-order valence-electron chi connectivity index (χ0n) is 10.2. The second-order valence-electron chi connectivity index (χ2n) is 5.13. The number of hydrogen-bond donors (Lipinski definition) is 1. The molecule has 4 heteroatoms. The Balaban J connectivity index is 5.18. The Morgan fingerprint density at radius 2 is 1.57 bits per heavy atom. The maximum Gasteiger partial charge on any atom is 0.145 e. The van der Waals surface area contributed by atoms with E-state index in [2.05, 4.69) is 5.10 Å². The molecule has 4 nitrogen and oxygen atoms in total. The topological polar surface area (TPSA) is 55.7 Å². The van der Waals surface area contributed by atoms with E-state index in [1.807, 2.05) is 13.8 Å². The van der Waals surface area contributed by atoms with E-state index < -0.39 is 11.1 Å². The quantitative estimate of drug-likeness (QED) is 0.310. The fourth-order valence-electron chi connectivity index (χ4n) is 1.15. The van der Waals surface area contributed by atoms with Crippen LogP contribution in [0.15, 0.2) is 5.10 Å². The lowest BCUT2D eigenvalue weighted by Crippen LogP contribution is -2.64. The smallest absolute Gasteiger partial charge is 0.145 e. The molecule has 0 spiro atoms. The Labute approximate surface area is 86.4 Å². The third kappa shape index (κ3) is 2.45. The molecule has 0 bridgehead atoms. The van der Waals surface area contributed by atoms with E-state index in [1.54, 1.807) is 27.9 Å². The van der Waals surface area contributed by atoms with Crippen molar-refractivity contribution in [2.75, 3.05) is 14.1 Å². The van der Waals surface area contributed by atoms with Crippen molar-refractivity contribution >= 4 is 5.90 Å². The highest BCUT2D eigenvalue weighted by atomic mass is 16.3. The van der Waals surface area contributed by atoms with Crippen LogP contribution in [0.25, 0.3) is 0 Å². The molecule has 0 aliphatic heterocycles. The molecule has 0 heterocycles. The lowest BCUT2D eigenvalue weighted by Gasteiger charge is -2.46. The summed E-state index contributed by atoms with van der Waals surface area (Å²) in [6, 6.07) is 0. The van der Waals surface area contributed by atoms with Gasteiger partial charge in [0.15, 0.2) is 0 Å². The average molecular weight is 202 g/mol. The van der Waals surface area contributed by atoms with Crippen LogP contribution < -0.4 is 5.11 Å². The van der Waals surface area contributed by atoms with Crippen LogP contribution in [0, 0.1) is 0 Å². The van der Waals surface area contributed by atoms with E-state index in [0.717, 1.165) is 0 Å². The molecular weight excluding hydrogens is 180 g/mol. The van der Waals surface area contributed by atoms with Gasteiger partial charge in [0.2, 0.25) is 0 Å². The molecule has 84 valence electrons. The third-order valence-electron chi connectivity index (χ3n) is 3.26. The van der Waals surface area contributed by atoms with Crippen LogP contribution in [-0.2, 0) is 0 Å². The monoisotopic (exact) mass is 202 g/mol. The van der Waals surface area contributed by atoms with Crippen LogP contribution in [0.4, 0.5) is 0 Å². The van der Waals surface area contributed by atoms with E-state index in [9.17, 15) is 10.2 Å². The van der Waals surface area contributed by atoms with Crippen molar-refractivity contribution < 1.29 is 14.8 Å². The first kappa shape index (κ1) is 13.4. The lowest BCUT2D eigenvalue weighted by atomic mass is 9.84. The third-order valence-corrected chi connectivity index (χ3v) is 3.26. The van der Waals surface area contributed by atoms with Gasteiger partial charge in [-0.3, -0.25) is 0 Å². The van der Waals surface area contributed by atoms with E-state index in [0.29, 0.717) is 0 Å². The second kappa shape index (κ2) is 3.51. The normalized spacial score (nSPS) is 15.9. The Bertz CT molecular complexity index is 233. The molecule has 0 amide bonds. The van der Waals surface area contributed by atoms with Crippen LogP contribution >= 0.6 is 0 Å². The molecule has 0 saturated heterocycles. The molecule has 0 fully saturated rings. The largest absolute Gasteiger partial charge is 0.858 e. The summed E-state index contributed by atoms with van der Waals surface area (Å²) in [4.78, 5) is 0. The summed E-state index contributed by atoms with van der Waals surface area (Å²) in [6.45, 7) is 8.64. The number of aliphatic hydroxyl groups is 1. The highest BCUT2D eigenvalue weighted by molar-refractivity contribution is 5.67. The Morgan fingerprint density at radius 3 is 1.79 bits per heavy atom. The predicted molar refractivity (Wildman–Crippen MR) is 55.6 cm³/mol. The molecule has 1 N–H and O–H groups in total. The summed E-state index contributed by atoms with van der Waals surface area (Å²) in [6.07, 6.45) is 0. The Morgan fingerprint density at radius 1 is 1.21 bits per heavy atom. The van der Waals surface area contributed by atoms with Crippen molar-refractivity contribution in [3.05, 3.63) is 0 Å². The first-order chi connectivity index (χ1) is 5.92. The van der Waals surface area contributed by atoms with Gasteiger partial charge in [0.05, 0.1) is 14.1 Å². The first-order valence-corrected chi connectivity index (χ1v) is 4.72. The summed E-state index contributed by atoms with van der Waals surface area (Å²) in [5, 5.41) is 25.0. The number of nitrogens with zero attached hydrogens (tertiary/aromatic N) is 2. The lowest BCUT2D eigenvalue weighted by molar-refractivity contribution is -0.952. The van der Waals surface area contributed by atoms with Crippen LogP contribution in [0.2, 0.25) is 0 Å². The first-order valence-electron chi connectivity index (χ1n) is 4.72. The van der Waals surface area contributed by atoms with Gasteiger partial charge in [0.1, 0.15) is 11.1 Å². The molecular formula is C10H22N2O2. The standard InChI is InChI=1S/C10H22N2O2/c1-8(13)11-12(6,7)9(2,3)10(4,5)14/h14H,1-7H3. The molecule has 0 aliphatic carbocycles. The van der Waals surface area contributed by atoms with Crippen molar-refractivity contribution in [1.29, 1.82) is 0 Å².